The first-order valence-corrected chi connectivity index (χ1v) is 8.13. The van der Waals surface area contributed by atoms with Gasteiger partial charge in [0.05, 0.1) is 19.8 Å². The van der Waals surface area contributed by atoms with E-state index >= 15 is 0 Å². The third kappa shape index (κ3) is 4.69. The van der Waals surface area contributed by atoms with Gasteiger partial charge in [-0.15, -0.1) is 0 Å². The highest BCUT2D eigenvalue weighted by Crippen LogP contribution is 2.32. The van der Waals surface area contributed by atoms with E-state index in [2.05, 4.69) is 32.2 Å². The summed E-state index contributed by atoms with van der Waals surface area (Å²) in [5.74, 6) is 0.656. The zero-order chi connectivity index (χ0) is 17.0. The highest BCUT2D eigenvalue weighted by molar-refractivity contribution is 5.32. The summed E-state index contributed by atoms with van der Waals surface area (Å²) < 4.78 is 16.9. The normalized spacial score (nSPS) is 22.1. The minimum absolute atomic E-state index is 0.0889. The van der Waals surface area contributed by atoms with E-state index in [4.69, 9.17) is 14.2 Å². The van der Waals surface area contributed by atoms with Gasteiger partial charge in [-0.3, -0.25) is 0 Å². The molecule has 23 heavy (non-hydrogen) atoms. The van der Waals surface area contributed by atoms with E-state index in [-0.39, 0.29) is 6.10 Å². The van der Waals surface area contributed by atoms with Crippen LogP contribution in [0.2, 0.25) is 0 Å². The maximum Gasteiger partial charge on any atom is 0.163 e. The van der Waals surface area contributed by atoms with Crippen molar-refractivity contribution < 1.29 is 14.2 Å². The van der Waals surface area contributed by atoms with Gasteiger partial charge in [0.2, 0.25) is 0 Å². The Hall–Kier alpha value is -1.58. The van der Waals surface area contributed by atoms with Crippen molar-refractivity contribution in [3.8, 4) is 5.75 Å². The lowest BCUT2D eigenvalue weighted by Gasteiger charge is -2.24. The highest BCUT2D eigenvalue weighted by Gasteiger charge is 2.37. The largest absolute Gasteiger partial charge is 0.497 e. The molecule has 2 rings (SSSR count). The topological polar surface area (TPSA) is 27.7 Å². The Labute approximate surface area is 139 Å². The summed E-state index contributed by atoms with van der Waals surface area (Å²) in [6, 6.07) is 5.97. The van der Waals surface area contributed by atoms with Gasteiger partial charge in [0, 0.05) is 5.92 Å². The van der Waals surface area contributed by atoms with Gasteiger partial charge in [-0.05, 0) is 56.2 Å². The molecule has 0 spiro atoms. The Kier molecular flexibility index (Phi) is 5.66. The summed E-state index contributed by atoms with van der Waals surface area (Å²) >= 11 is 0. The number of benzene rings is 1. The summed E-state index contributed by atoms with van der Waals surface area (Å²) in [5.41, 5.74) is 1.15. The van der Waals surface area contributed by atoms with Crippen molar-refractivity contribution in [1.82, 2.24) is 0 Å². The Bertz CT molecular complexity index is 660. The van der Waals surface area contributed by atoms with Crippen molar-refractivity contribution in [1.29, 1.82) is 0 Å². The summed E-state index contributed by atoms with van der Waals surface area (Å²) in [4.78, 5) is 0. The number of hydrogen-bond acceptors (Lipinski definition) is 3. The lowest BCUT2D eigenvalue weighted by atomic mass is 9.90. The van der Waals surface area contributed by atoms with Crippen molar-refractivity contribution in [2.24, 2.45) is 5.92 Å². The van der Waals surface area contributed by atoms with Gasteiger partial charge in [-0.1, -0.05) is 30.9 Å². The second kappa shape index (κ2) is 7.33. The Balaban J connectivity index is 2.04. The van der Waals surface area contributed by atoms with E-state index in [1.807, 2.05) is 26.0 Å². The molecule has 1 saturated heterocycles. The highest BCUT2D eigenvalue weighted by atomic mass is 16.7. The molecule has 0 aromatic heterocycles. The molecule has 3 heteroatoms. The maximum absolute atomic E-state index is 6.00. The van der Waals surface area contributed by atoms with E-state index in [1.54, 1.807) is 7.11 Å². The van der Waals surface area contributed by atoms with Crippen LogP contribution in [0.1, 0.15) is 33.6 Å². The van der Waals surface area contributed by atoms with Crippen LogP contribution in [0, 0.1) is 5.92 Å². The van der Waals surface area contributed by atoms with Crippen LogP contribution < -0.4 is 15.2 Å². The summed E-state index contributed by atoms with van der Waals surface area (Å²) in [7, 11) is 1.67. The van der Waals surface area contributed by atoms with Crippen LogP contribution in [0.25, 0.3) is 12.7 Å². The molecule has 1 aromatic carbocycles. The predicted molar refractivity (Wildman–Crippen MR) is 94.7 cm³/mol. The molecule has 126 valence electrons. The van der Waals surface area contributed by atoms with Crippen LogP contribution >= 0.6 is 0 Å². The Morgan fingerprint density at radius 2 is 2.22 bits per heavy atom. The third-order valence-corrected chi connectivity index (χ3v) is 4.30. The SMILES string of the molecule is C=C(C)[C@H](CC/C=c1\ccc(OC)cc1=C)[C@@H]1COC(C)(C)O1. The van der Waals surface area contributed by atoms with Crippen LogP contribution in [0.3, 0.4) is 0 Å². The summed E-state index contributed by atoms with van der Waals surface area (Å²) in [6.45, 7) is 14.8. The predicted octanol–water partition coefficient (Wildman–Crippen LogP) is 3.01. The molecule has 1 aromatic rings. The Morgan fingerprint density at radius 3 is 2.74 bits per heavy atom. The lowest BCUT2D eigenvalue weighted by Crippen LogP contribution is -2.27. The van der Waals surface area contributed by atoms with Crippen LogP contribution in [-0.4, -0.2) is 25.6 Å². The van der Waals surface area contributed by atoms with E-state index < -0.39 is 5.79 Å². The minimum Gasteiger partial charge on any atom is -0.497 e. The molecule has 1 aliphatic heterocycles. The molecule has 3 nitrogen and oxygen atoms in total. The number of ether oxygens (including phenoxy) is 3. The number of hydrogen-bond donors (Lipinski definition) is 0. The molecule has 0 unspecified atom stereocenters. The molecular weight excluding hydrogens is 288 g/mol. The fourth-order valence-electron chi connectivity index (χ4n) is 2.99. The Morgan fingerprint density at radius 1 is 1.48 bits per heavy atom. The molecule has 1 fully saturated rings. The second-order valence-corrected chi connectivity index (χ2v) is 6.67. The number of rotatable bonds is 6. The van der Waals surface area contributed by atoms with E-state index in [0.717, 1.165) is 34.6 Å². The van der Waals surface area contributed by atoms with Gasteiger partial charge < -0.3 is 14.2 Å². The van der Waals surface area contributed by atoms with Crippen molar-refractivity contribution in [3.05, 3.63) is 40.8 Å². The van der Waals surface area contributed by atoms with E-state index in [9.17, 15) is 0 Å². The maximum atomic E-state index is 6.00. The monoisotopic (exact) mass is 316 g/mol. The van der Waals surface area contributed by atoms with Crippen LogP contribution in [0.5, 0.6) is 5.75 Å². The van der Waals surface area contributed by atoms with Gasteiger partial charge in [0.15, 0.2) is 5.79 Å². The molecule has 0 amide bonds. The smallest absolute Gasteiger partial charge is 0.163 e. The average Bonchev–Trinajstić information content (AvgIpc) is 2.84. The van der Waals surface area contributed by atoms with Gasteiger partial charge in [0.25, 0.3) is 0 Å². The molecule has 0 saturated carbocycles. The molecule has 1 aliphatic rings. The van der Waals surface area contributed by atoms with Crippen LogP contribution in [0.15, 0.2) is 30.4 Å². The van der Waals surface area contributed by atoms with Crippen molar-refractivity contribution in [2.45, 2.75) is 45.5 Å². The first-order chi connectivity index (χ1) is 10.8. The average molecular weight is 316 g/mol. The van der Waals surface area contributed by atoms with Crippen molar-refractivity contribution in [3.63, 3.8) is 0 Å². The number of methoxy groups -OCH3 is 1. The van der Waals surface area contributed by atoms with Crippen molar-refractivity contribution >= 4 is 12.7 Å². The molecule has 1 heterocycles. The quantitative estimate of drug-likeness (QED) is 0.755. The zero-order valence-electron chi connectivity index (χ0n) is 14.7. The van der Waals surface area contributed by atoms with Crippen LogP contribution in [0.4, 0.5) is 0 Å². The molecule has 0 N–H and O–H groups in total. The van der Waals surface area contributed by atoms with Crippen LogP contribution in [-0.2, 0) is 9.47 Å². The first kappa shape index (κ1) is 17.8. The summed E-state index contributed by atoms with van der Waals surface area (Å²) in [5, 5.41) is 2.13. The van der Waals surface area contributed by atoms with Gasteiger partial charge in [0.1, 0.15) is 5.75 Å². The fourth-order valence-corrected chi connectivity index (χ4v) is 2.99. The lowest BCUT2D eigenvalue weighted by molar-refractivity contribution is -0.143. The van der Waals surface area contributed by atoms with E-state index in [1.165, 1.54) is 0 Å². The molecule has 0 bridgehead atoms. The summed E-state index contributed by atoms with van der Waals surface area (Å²) in [6.07, 6.45) is 4.25. The molecule has 2 atom stereocenters. The molecule has 0 aliphatic carbocycles. The van der Waals surface area contributed by atoms with Gasteiger partial charge >= 0.3 is 0 Å². The van der Waals surface area contributed by atoms with E-state index in [0.29, 0.717) is 12.5 Å². The molecular formula is C20H28O3. The standard InChI is InChI=1S/C20H28O3/c1-14(2)18(19-13-22-20(4,5)23-19)9-7-8-16-10-11-17(21-6)12-15(16)3/h8,10-12,18-19H,1,3,7,9,13H2,2,4-6H3/b16-8+/t18-,19-/m0/s1. The molecule has 0 radical (unpaired) electrons. The zero-order valence-corrected chi connectivity index (χ0v) is 14.7. The van der Waals surface area contributed by atoms with Crippen molar-refractivity contribution in [2.75, 3.05) is 13.7 Å². The van der Waals surface area contributed by atoms with Gasteiger partial charge in [-0.25, -0.2) is 0 Å². The fraction of sp³-hybridized carbons (Fsp3) is 0.500. The third-order valence-electron chi connectivity index (χ3n) is 4.30. The first-order valence-electron chi connectivity index (χ1n) is 8.13. The minimum atomic E-state index is -0.488. The second-order valence-electron chi connectivity index (χ2n) is 6.67. The van der Waals surface area contributed by atoms with Gasteiger partial charge in [-0.2, -0.15) is 0 Å².